The van der Waals surface area contributed by atoms with E-state index in [0.29, 0.717) is 0 Å². The molecule has 0 aromatic heterocycles. The Morgan fingerprint density at radius 1 is 0.711 bits per heavy atom. The van der Waals surface area contributed by atoms with E-state index >= 15 is 0 Å². The molecule has 38 heavy (non-hydrogen) atoms. The van der Waals surface area contributed by atoms with Crippen molar-refractivity contribution in [3.8, 4) is 11.1 Å². The fourth-order valence-electron chi connectivity index (χ4n) is 4.48. The first-order chi connectivity index (χ1) is 17.4. The molecular formula is C35H32Cl2Zr-2. The van der Waals surface area contributed by atoms with Gasteiger partial charge < -0.3 is 24.8 Å². The van der Waals surface area contributed by atoms with E-state index in [1.165, 1.54) is 83.1 Å². The molecule has 192 valence electrons. The molecule has 6 rings (SSSR count). The third-order valence-electron chi connectivity index (χ3n) is 6.29. The van der Waals surface area contributed by atoms with Crippen molar-refractivity contribution in [3.63, 3.8) is 0 Å². The van der Waals surface area contributed by atoms with Gasteiger partial charge in [-0.3, -0.25) is 6.08 Å². The summed E-state index contributed by atoms with van der Waals surface area (Å²) in [6, 6.07) is 32.0. The van der Waals surface area contributed by atoms with Gasteiger partial charge in [0, 0.05) is 0 Å². The number of rotatable bonds is 2. The number of halogens is 2. The molecule has 0 nitrogen and oxygen atoms in total. The number of allylic oxidation sites excluding steroid dienone is 4. The minimum Gasteiger partial charge on any atom is -1.00 e. The number of aryl methyl sites for hydroxylation is 4. The average molecular weight is 615 g/mol. The molecule has 0 spiro atoms. The van der Waals surface area contributed by atoms with Crippen LogP contribution >= 0.6 is 0 Å². The summed E-state index contributed by atoms with van der Waals surface area (Å²) in [5.74, 6) is 0. The van der Waals surface area contributed by atoms with E-state index in [9.17, 15) is 0 Å². The second kappa shape index (κ2) is 15.3. The molecule has 0 fully saturated rings. The van der Waals surface area contributed by atoms with Crippen LogP contribution in [0.2, 0.25) is 0 Å². The van der Waals surface area contributed by atoms with E-state index in [4.69, 9.17) is 0 Å². The molecule has 0 N–H and O–H groups in total. The number of benzene rings is 4. The molecule has 0 bridgehead atoms. The standard InChI is InChI=1S/C15H13.C15H14.C5H5.2ClH.Zr/c1-10-3-5-14-12(7-10)9-13-8-11(2)4-6-15(13)14;1-12-5-3-7-14(9-12)11-15-8-4-6-13(2)10-15;1-2-4-5-3-1;;;/h3-7H,9H2,1-2H3;3-10H,1-2H3;1-3H,4H2;2*1H;/q-1;;-1;;;+2/p-2. The molecule has 0 radical (unpaired) electrons. The maximum atomic E-state index is 3.45. The second-order valence-electron chi connectivity index (χ2n) is 9.49. The van der Waals surface area contributed by atoms with E-state index in [0.717, 1.165) is 12.8 Å². The Morgan fingerprint density at radius 2 is 1.32 bits per heavy atom. The Balaban J connectivity index is 0.000000216. The van der Waals surface area contributed by atoms with Crippen molar-refractivity contribution in [3.05, 3.63) is 154 Å². The van der Waals surface area contributed by atoms with Crippen LogP contribution in [-0.4, -0.2) is 3.21 Å². The van der Waals surface area contributed by atoms with Crippen LogP contribution in [0.1, 0.15) is 50.9 Å². The van der Waals surface area contributed by atoms with Crippen LogP contribution < -0.4 is 24.8 Å². The van der Waals surface area contributed by atoms with Crippen molar-refractivity contribution < 1.29 is 49.0 Å². The summed E-state index contributed by atoms with van der Waals surface area (Å²) < 4.78 is 1.43. The van der Waals surface area contributed by atoms with Gasteiger partial charge >= 0.3 is 112 Å². The predicted molar refractivity (Wildman–Crippen MR) is 150 cm³/mol. The Bertz CT molecular complexity index is 1340. The van der Waals surface area contributed by atoms with Gasteiger partial charge in [0.15, 0.2) is 0 Å². The summed E-state index contributed by atoms with van der Waals surface area (Å²) in [4.78, 5) is 0. The molecule has 2 aliphatic carbocycles. The van der Waals surface area contributed by atoms with Gasteiger partial charge in [-0.15, -0.1) is 17.5 Å². The van der Waals surface area contributed by atoms with E-state index in [2.05, 4.69) is 125 Å². The molecule has 0 saturated heterocycles. The van der Waals surface area contributed by atoms with Crippen molar-refractivity contribution in [2.24, 2.45) is 0 Å². The van der Waals surface area contributed by atoms with Crippen molar-refractivity contribution >= 4 is 3.21 Å². The third-order valence-corrected chi connectivity index (χ3v) is 7.71. The van der Waals surface area contributed by atoms with Crippen LogP contribution in [0.15, 0.2) is 97.1 Å². The normalized spacial score (nSPS) is 11.5. The Morgan fingerprint density at radius 3 is 1.84 bits per heavy atom. The van der Waals surface area contributed by atoms with E-state index in [1.807, 2.05) is 12.2 Å². The summed E-state index contributed by atoms with van der Waals surface area (Å²) >= 11 is 1.47. The maximum Gasteiger partial charge on any atom is -0.109 e. The van der Waals surface area contributed by atoms with Gasteiger partial charge in [-0.05, 0) is 18.9 Å². The van der Waals surface area contributed by atoms with Gasteiger partial charge in [-0.1, -0.05) is 36.2 Å². The van der Waals surface area contributed by atoms with Crippen LogP contribution in [0.25, 0.3) is 11.1 Å². The number of fused-ring (bicyclic) bond motifs is 3. The van der Waals surface area contributed by atoms with Crippen LogP contribution in [0.3, 0.4) is 0 Å². The summed E-state index contributed by atoms with van der Waals surface area (Å²) in [5, 5.41) is 0. The first-order valence-corrected chi connectivity index (χ1v) is 13.7. The van der Waals surface area contributed by atoms with Gasteiger partial charge in [0.1, 0.15) is 0 Å². The quantitative estimate of drug-likeness (QED) is 0.268. The Labute approximate surface area is 256 Å². The van der Waals surface area contributed by atoms with E-state index < -0.39 is 0 Å². The summed E-state index contributed by atoms with van der Waals surface area (Å²) in [5.41, 5.74) is 13.5. The first-order valence-electron chi connectivity index (χ1n) is 12.5. The zero-order valence-corrected chi connectivity index (χ0v) is 26.4. The fourth-order valence-corrected chi connectivity index (χ4v) is 5.24. The monoisotopic (exact) mass is 612 g/mol. The average Bonchev–Trinajstić information content (AvgIpc) is 3.55. The zero-order chi connectivity index (χ0) is 25.5. The van der Waals surface area contributed by atoms with Crippen LogP contribution in [0.5, 0.6) is 0 Å². The molecule has 4 aromatic rings. The molecular weight excluding hydrogens is 583 g/mol. The largest absolute Gasteiger partial charge is 1.00 e. The molecule has 3 heteroatoms. The van der Waals surface area contributed by atoms with Gasteiger partial charge in [0.25, 0.3) is 0 Å². The molecule has 0 amide bonds. The fraction of sp³-hybridized carbons (Fsp3) is 0.171. The molecule has 0 aliphatic heterocycles. The SMILES string of the molecule is Cc1[c-]c2c(cc1)-c1ccc(C)cc1C2.Cc1cccc([C](=[Zr+2])c2cccc(C)c2)c1.[C-]1=CC=CC1.[Cl-].[Cl-]. The predicted octanol–water partition coefficient (Wildman–Crippen LogP) is 2.41. The topological polar surface area (TPSA) is 0 Å². The minimum absolute atomic E-state index is 0. The number of hydrogen-bond acceptors (Lipinski definition) is 0. The first kappa shape index (κ1) is 31.9. The van der Waals surface area contributed by atoms with Gasteiger partial charge in [-0.25, -0.2) is 12.2 Å². The smallest absolute Gasteiger partial charge is 0.109 e. The summed E-state index contributed by atoms with van der Waals surface area (Å²) in [7, 11) is 0. The van der Waals surface area contributed by atoms with Crippen molar-refractivity contribution in [2.45, 2.75) is 40.5 Å². The zero-order valence-electron chi connectivity index (χ0n) is 22.4. The van der Waals surface area contributed by atoms with Crippen LogP contribution in [0.4, 0.5) is 0 Å². The van der Waals surface area contributed by atoms with Crippen LogP contribution in [-0.2, 0) is 30.7 Å². The van der Waals surface area contributed by atoms with Crippen molar-refractivity contribution in [2.75, 3.05) is 0 Å². The van der Waals surface area contributed by atoms with Gasteiger partial charge in [-0.2, -0.15) is 29.8 Å². The number of hydrogen-bond donors (Lipinski definition) is 0. The maximum absolute atomic E-state index is 3.45. The van der Waals surface area contributed by atoms with Gasteiger partial charge in [0.2, 0.25) is 0 Å². The van der Waals surface area contributed by atoms with E-state index in [1.54, 1.807) is 0 Å². The Hall–Kier alpha value is -2.31. The molecule has 4 aromatic carbocycles. The molecule has 2 aliphatic rings. The molecule has 0 unspecified atom stereocenters. The van der Waals surface area contributed by atoms with Crippen molar-refractivity contribution in [1.82, 2.24) is 0 Å². The molecule has 0 saturated carbocycles. The summed E-state index contributed by atoms with van der Waals surface area (Å²) in [6.07, 6.45) is 11.0. The van der Waals surface area contributed by atoms with Crippen molar-refractivity contribution in [1.29, 1.82) is 0 Å². The second-order valence-corrected chi connectivity index (χ2v) is 10.7. The van der Waals surface area contributed by atoms with E-state index in [-0.39, 0.29) is 24.8 Å². The Kier molecular flexibility index (Phi) is 12.9. The summed E-state index contributed by atoms with van der Waals surface area (Å²) in [6.45, 7) is 8.54. The van der Waals surface area contributed by atoms with Gasteiger partial charge in [0.05, 0.1) is 0 Å². The molecule has 0 atom stereocenters. The third kappa shape index (κ3) is 8.60. The molecule has 0 heterocycles. The minimum atomic E-state index is 0. The van der Waals surface area contributed by atoms with Crippen LogP contribution in [0, 0.1) is 39.8 Å².